The summed E-state index contributed by atoms with van der Waals surface area (Å²) in [5.41, 5.74) is 0.769. The third kappa shape index (κ3) is 3.31. The second-order valence-electron chi connectivity index (χ2n) is 5.14. The van der Waals surface area contributed by atoms with Crippen LogP contribution < -0.4 is 5.32 Å². The molecule has 1 aliphatic carbocycles. The summed E-state index contributed by atoms with van der Waals surface area (Å²) in [5, 5.41) is 14.3. The normalized spacial score (nSPS) is 24.2. The lowest BCUT2D eigenvalue weighted by atomic mass is 9.86. The van der Waals surface area contributed by atoms with E-state index in [0.717, 1.165) is 5.56 Å². The van der Waals surface area contributed by atoms with E-state index in [9.17, 15) is 5.11 Å². The monoisotopic (exact) mass is 287 g/mol. The van der Waals surface area contributed by atoms with Gasteiger partial charge in [0.15, 0.2) is 0 Å². The van der Waals surface area contributed by atoms with E-state index in [0.29, 0.717) is 28.5 Å². The quantitative estimate of drug-likeness (QED) is 0.865. The predicted molar refractivity (Wildman–Crippen MR) is 76.4 cm³/mol. The average Bonchev–Trinajstić information content (AvgIpc) is 2.33. The van der Waals surface area contributed by atoms with Crippen molar-refractivity contribution in [2.75, 3.05) is 0 Å². The highest BCUT2D eigenvalue weighted by atomic mass is 35.5. The second-order valence-corrected chi connectivity index (χ2v) is 5.99. The molecular weight excluding hydrogens is 269 g/mol. The SMILES string of the molecule is CC1CCCCC1NCc1cc(Cl)cc(Cl)c1O. The van der Waals surface area contributed by atoms with Crippen LogP contribution in [0.4, 0.5) is 0 Å². The number of aromatic hydroxyl groups is 1. The van der Waals surface area contributed by atoms with E-state index >= 15 is 0 Å². The minimum absolute atomic E-state index is 0.136. The molecule has 100 valence electrons. The topological polar surface area (TPSA) is 32.3 Å². The fourth-order valence-corrected chi connectivity index (χ4v) is 3.15. The fourth-order valence-electron chi connectivity index (χ4n) is 2.61. The number of rotatable bonds is 3. The molecular formula is C14H19Cl2NO. The number of benzene rings is 1. The van der Waals surface area contributed by atoms with Crippen LogP contribution in [0.3, 0.4) is 0 Å². The first-order chi connectivity index (χ1) is 8.58. The standard InChI is InChI=1S/C14H19Cl2NO/c1-9-4-2-3-5-13(9)17-8-10-6-11(15)7-12(16)14(10)18/h6-7,9,13,17-18H,2-5,8H2,1H3. The summed E-state index contributed by atoms with van der Waals surface area (Å²) in [6, 6.07) is 3.85. The van der Waals surface area contributed by atoms with E-state index in [2.05, 4.69) is 12.2 Å². The molecule has 0 bridgehead atoms. The van der Waals surface area contributed by atoms with Crippen molar-refractivity contribution in [1.82, 2.24) is 5.32 Å². The van der Waals surface area contributed by atoms with Crippen molar-refractivity contribution in [3.8, 4) is 5.75 Å². The largest absolute Gasteiger partial charge is 0.506 e. The summed E-state index contributed by atoms with van der Waals surface area (Å²) in [6.07, 6.45) is 5.09. The Morgan fingerprint density at radius 3 is 2.72 bits per heavy atom. The van der Waals surface area contributed by atoms with E-state index in [1.165, 1.54) is 25.7 Å². The second kappa shape index (κ2) is 6.14. The molecule has 0 amide bonds. The van der Waals surface area contributed by atoms with Gasteiger partial charge in [0.2, 0.25) is 0 Å². The first kappa shape index (κ1) is 14.0. The van der Waals surface area contributed by atoms with Crippen LogP contribution in [0.1, 0.15) is 38.2 Å². The molecule has 1 aromatic rings. The van der Waals surface area contributed by atoms with Gasteiger partial charge in [-0.05, 0) is 30.9 Å². The van der Waals surface area contributed by atoms with Crippen LogP contribution in [0, 0.1) is 5.92 Å². The lowest BCUT2D eigenvalue weighted by Gasteiger charge is -2.29. The summed E-state index contributed by atoms with van der Waals surface area (Å²) in [4.78, 5) is 0. The van der Waals surface area contributed by atoms with Gasteiger partial charge in [-0.1, -0.05) is 43.0 Å². The van der Waals surface area contributed by atoms with Crippen molar-refractivity contribution in [3.05, 3.63) is 27.7 Å². The van der Waals surface area contributed by atoms with E-state index in [1.54, 1.807) is 12.1 Å². The van der Waals surface area contributed by atoms with Gasteiger partial charge in [-0.25, -0.2) is 0 Å². The molecule has 2 unspecified atom stereocenters. The van der Waals surface area contributed by atoms with Gasteiger partial charge in [0, 0.05) is 23.2 Å². The maximum Gasteiger partial charge on any atom is 0.138 e. The first-order valence-corrected chi connectivity index (χ1v) is 7.24. The van der Waals surface area contributed by atoms with Crippen LogP contribution in [0.2, 0.25) is 10.0 Å². The van der Waals surface area contributed by atoms with E-state index in [1.807, 2.05) is 0 Å². The number of halogens is 2. The molecule has 2 nitrogen and oxygen atoms in total. The molecule has 0 spiro atoms. The Bertz CT molecular complexity index is 423. The molecule has 18 heavy (non-hydrogen) atoms. The van der Waals surface area contributed by atoms with Crippen LogP contribution in [0.15, 0.2) is 12.1 Å². The number of hydrogen-bond acceptors (Lipinski definition) is 2. The van der Waals surface area contributed by atoms with Crippen molar-refractivity contribution in [2.24, 2.45) is 5.92 Å². The Hall–Kier alpha value is -0.440. The van der Waals surface area contributed by atoms with Gasteiger partial charge < -0.3 is 10.4 Å². The average molecular weight is 288 g/mol. The molecule has 2 atom stereocenters. The number of phenolic OH excluding ortho intramolecular Hbond substituents is 1. The summed E-state index contributed by atoms with van der Waals surface area (Å²) < 4.78 is 0. The predicted octanol–water partition coefficient (Wildman–Crippen LogP) is 4.37. The van der Waals surface area contributed by atoms with Gasteiger partial charge in [-0.15, -0.1) is 0 Å². The molecule has 1 saturated carbocycles. The molecule has 0 heterocycles. The van der Waals surface area contributed by atoms with Gasteiger partial charge >= 0.3 is 0 Å². The van der Waals surface area contributed by atoms with Crippen LogP contribution in [-0.2, 0) is 6.54 Å². The van der Waals surface area contributed by atoms with Crippen molar-refractivity contribution < 1.29 is 5.11 Å². The van der Waals surface area contributed by atoms with Crippen LogP contribution in [0.25, 0.3) is 0 Å². The lowest BCUT2D eigenvalue weighted by molar-refractivity contribution is 0.278. The minimum Gasteiger partial charge on any atom is -0.506 e. The third-order valence-corrected chi connectivity index (χ3v) is 4.28. The van der Waals surface area contributed by atoms with Crippen LogP contribution in [0.5, 0.6) is 5.75 Å². The maximum atomic E-state index is 9.89. The Balaban J connectivity index is 2.01. The van der Waals surface area contributed by atoms with E-state index in [-0.39, 0.29) is 5.75 Å². The summed E-state index contributed by atoms with van der Waals surface area (Å²) in [7, 11) is 0. The zero-order chi connectivity index (χ0) is 13.1. The molecule has 4 heteroatoms. The zero-order valence-corrected chi connectivity index (χ0v) is 12.1. The summed E-state index contributed by atoms with van der Waals surface area (Å²) in [5.74, 6) is 0.826. The van der Waals surface area contributed by atoms with Crippen LogP contribution in [-0.4, -0.2) is 11.1 Å². The van der Waals surface area contributed by atoms with Gasteiger partial charge in [0.25, 0.3) is 0 Å². The smallest absolute Gasteiger partial charge is 0.138 e. The van der Waals surface area contributed by atoms with Gasteiger partial charge in [-0.3, -0.25) is 0 Å². The molecule has 0 saturated heterocycles. The highest BCUT2D eigenvalue weighted by Gasteiger charge is 2.21. The number of hydrogen-bond donors (Lipinski definition) is 2. The first-order valence-electron chi connectivity index (χ1n) is 6.48. The summed E-state index contributed by atoms with van der Waals surface area (Å²) >= 11 is 11.9. The lowest BCUT2D eigenvalue weighted by Crippen LogP contribution is -2.36. The van der Waals surface area contributed by atoms with Crippen molar-refractivity contribution >= 4 is 23.2 Å². The van der Waals surface area contributed by atoms with E-state index in [4.69, 9.17) is 23.2 Å². The maximum absolute atomic E-state index is 9.89. The molecule has 0 aliphatic heterocycles. The minimum atomic E-state index is 0.136. The van der Waals surface area contributed by atoms with Gasteiger partial charge in [0.1, 0.15) is 5.75 Å². The highest BCUT2D eigenvalue weighted by molar-refractivity contribution is 6.35. The Morgan fingerprint density at radius 1 is 1.28 bits per heavy atom. The Labute approximate surface area is 118 Å². The Morgan fingerprint density at radius 2 is 2.00 bits per heavy atom. The van der Waals surface area contributed by atoms with Gasteiger partial charge in [0.05, 0.1) is 5.02 Å². The third-order valence-electron chi connectivity index (χ3n) is 3.77. The molecule has 2 N–H and O–H groups in total. The number of phenols is 1. The number of nitrogens with one attached hydrogen (secondary N) is 1. The zero-order valence-electron chi connectivity index (χ0n) is 10.5. The van der Waals surface area contributed by atoms with Crippen LogP contribution >= 0.6 is 23.2 Å². The summed E-state index contributed by atoms with van der Waals surface area (Å²) in [6.45, 7) is 2.89. The molecule has 0 aromatic heterocycles. The van der Waals surface area contributed by atoms with Crippen molar-refractivity contribution in [1.29, 1.82) is 0 Å². The fraction of sp³-hybridized carbons (Fsp3) is 0.571. The van der Waals surface area contributed by atoms with E-state index < -0.39 is 0 Å². The molecule has 1 aromatic carbocycles. The molecule has 2 rings (SSSR count). The molecule has 1 fully saturated rings. The van der Waals surface area contributed by atoms with Gasteiger partial charge in [-0.2, -0.15) is 0 Å². The highest BCUT2D eigenvalue weighted by Crippen LogP contribution is 2.31. The van der Waals surface area contributed by atoms with Crippen molar-refractivity contribution in [3.63, 3.8) is 0 Å². The Kier molecular flexibility index (Phi) is 4.77. The molecule has 1 aliphatic rings. The van der Waals surface area contributed by atoms with Crippen molar-refractivity contribution in [2.45, 2.75) is 45.2 Å². The molecule has 0 radical (unpaired) electrons.